The van der Waals surface area contributed by atoms with Gasteiger partial charge in [-0.05, 0) is 61.7 Å². The molecular weight excluding hydrogens is 380 g/mol. The molecule has 0 bridgehead atoms. The Labute approximate surface area is 167 Å². The van der Waals surface area contributed by atoms with E-state index < -0.39 is 5.97 Å². The van der Waals surface area contributed by atoms with Crippen molar-refractivity contribution < 1.29 is 18.7 Å². The van der Waals surface area contributed by atoms with Crippen LogP contribution in [-0.2, 0) is 16.0 Å². The van der Waals surface area contributed by atoms with Crippen molar-refractivity contribution in [1.29, 1.82) is 0 Å². The minimum atomic E-state index is -0.450. The first kappa shape index (κ1) is 20.0. The Morgan fingerprint density at radius 3 is 2.54 bits per heavy atom. The molecule has 6 heteroatoms. The Hall–Kier alpha value is -2.79. The number of aryl methyl sites for hydroxylation is 2. The standard InChI is InChI=1S/C22H21ClO5/c1-4-26-20(24)12-27-18-9-13(2)10-19-21(18)14(3)17(22(25)28-19)11-15-5-7-16(23)8-6-15/h5-10H,4,11-12H2,1-3H3. The van der Waals surface area contributed by atoms with E-state index in [9.17, 15) is 9.59 Å². The zero-order chi connectivity index (χ0) is 20.3. The maximum atomic E-state index is 12.6. The van der Waals surface area contributed by atoms with Gasteiger partial charge in [0.25, 0.3) is 0 Å². The van der Waals surface area contributed by atoms with Gasteiger partial charge in [0.1, 0.15) is 11.3 Å². The van der Waals surface area contributed by atoms with Gasteiger partial charge in [0, 0.05) is 17.0 Å². The number of hydrogen-bond donors (Lipinski definition) is 0. The minimum absolute atomic E-state index is 0.211. The Balaban J connectivity index is 2.05. The van der Waals surface area contributed by atoms with Gasteiger partial charge < -0.3 is 13.9 Å². The maximum Gasteiger partial charge on any atom is 0.344 e. The largest absolute Gasteiger partial charge is 0.481 e. The van der Waals surface area contributed by atoms with E-state index in [0.717, 1.165) is 16.7 Å². The van der Waals surface area contributed by atoms with E-state index in [1.807, 2.05) is 32.0 Å². The maximum absolute atomic E-state index is 12.6. The van der Waals surface area contributed by atoms with Gasteiger partial charge in [-0.2, -0.15) is 0 Å². The molecule has 5 nitrogen and oxygen atoms in total. The molecule has 0 fully saturated rings. The van der Waals surface area contributed by atoms with Crippen LogP contribution in [-0.4, -0.2) is 19.2 Å². The summed E-state index contributed by atoms with van der Waals surface area (Å²) in [6.07, 6.45) is 0.409. The zero-order valence-electron chi connectivity index (χ0n) is 16.0. The first-order valence-electron chi connectivity index (χ1n) is 8.98. The smallest absolute Gasteiger partial charge is 0.344 e. The Kier molecular flexibility index (Phi) is 6.05. The quantitative estimate of drug-likeness (QED) is 0.447. The van der Waals surface area contributed by atoms with Gasteiger partial charge >= 0.3 is 11.6 Å². The number of benzene rings is 2. The van der Waals surface area contributed by atoms with Crippen molar-refractivity contribution >= 4 is 28.5 Å². The predicted octanol–water partition coefficient (Wildman–Crippen LogP) is 4.60. The number of halogens is 1. The molecule has 3 rings (SSSR count). The molecule has 0 aliphatic carbocycles. The second kappa shape index (κ2) is 8.48. The molecule has 0 aliphatic rings. The summed E-state index contributed by atoms with van der Waals surface area (Å²) in [7, 11) is 0. The molecule has 0 atom stereocenters. The van der Waals surface area contributed by atoms with Crippen LogP contribution in [0.25, 0.3) is 11.0 Å². The van der Waals surface area contributed by atoms with Crippen LogP contribution in [0.5, 0.6) is 5.75 Å². The van der Waals surface area contributed by atoms with Crippen LogP contribution in [0.3, 0.4) is 0 Å². The highest BCUT2D eigenvalue weighted by Crippen LogP contribution is 2.31. The van der Waals surface area contributed by atoms with E-state index in [0.29, 0.717) is 33.7 Å². The average molecular weight is 401 g/mol. The molecule has 0 saturated carbocycles. The van der Waals surface area contributed by atoms with Crippen molar-refractivity contribution in [3.8, 4) is 5.75 Å². The minimum Gasteiger partial charge on any atom is -0.481 e. The number of carbonyl (C=O) groups excluding carboxylic acids is 1. The van der Waals surface area contributed by atoms with Crippen LogP contribution in [0, 0.1) is 13.8 Å². The van der Waals surface area contributed by atoms with E-state index in [1.165, 1.54) is 0 Å². The zero-order valence-corrected chi connectivity index (χ0v) is 16.8. The third kappa shape index (κ3) is 4.37. The molecule has 1 heterocycles. The summed E-state index contributed by atoms with van der Waals surface area (Å²) < 4.78 is 16.2. The second-order valence-corrected chi connectivity index (χ2v) is 6.96. The molecule has 0 amide bonds. The monoisotopic (exact) mass is 400 g/mol. The average Bonchev–Trinajstić information content (AvgIpc) is 2.64. The second-order valence-electron chi connectivity index (χ2n) is 6.53. The van der Waals surface area contributed by atoms with Crippen molar-refractivity contribution in [1.82, 2.24) is 0 Å². The Morgan fingerprint density at radius 2 is 1.86 bits per heavy atom. The molecule has 28 heavy (non-hydrogen) atoms. The fourth-order valence-corrected chi connectivity index (χ4v) is 3.23. The van der Waals surface area contributed by atoms with E-state index in [2.05, 4.69) is 0 Å². The lowest BCUT2D eigenvalue weighted by atomic mass is 9.98. The highest BCUT2D eigenvalue weighted by Gasteiger charge is 2.17. The molecule has 2 aromatic carbocycles. The third-order valence-corrected chi connectivity index (χ3v) is 4.68. The summed E-state index contributed by atoms with van der Waals surface area (Å²) in [6.45, 7) is 5.54. The first-order chi connectivity index (χ1) is 13.4. The Morgan fingerprint density at radius 1 is 1.14 bits per heavy atom. The molecule has 0 radical (unpaired) electrons. The van der Waals surface area contributed by atoms with Gasteiger partial charge in [-0.3, -0.25) is 0 Å². The van der Waals surface area contributed by atoms with E-state index in [4.69, 9.17) is 25.5 Å². The highest BCUT2D eigenvalue weighted by atomic mass is 35.5. The van der Waals surface area contributed by atoms with Gasteiger partial charge in [0.05, 0.1) is 12.0 Å². The van der Waals surface area contributed by atoms with Crippen molar-refractivity contribution in [2.45, 2.75) is 27.2 Å². The molecule has 0 unspecified atom stereocenters. The van der Waals surface area contributed by atoms with Crippen LogP contribution in [0.15, 0.2) is 45.6 Å². The molecular formula is C22H21ClO5. The summed E-state index contributed by atoms with van der Waals surface area (Å²) in [5.41, 5.74) is 3.16. The fraction of sp³-hybridized carbons (Fsp3) is 0.273. The van der Waals surface area contributed by atoms with Gasteiger partial charge in [0.2, 0.25) is 0 Å². The number of rotatable bonds is 6. The SMILES string of the molecule is CCOC(=O)COc1cc(C)cc2oc(=O)c(Cc3ccc(Cl)cc3)c(C)c12. The van der Waals surface area contributed by atoms with Gasteiger partial charge in [-0.1, -0.05) is 23.7 Å². The lowest BCUT2D eigenvalue weighted by Gasteiger charge is -2.14. The molecule has 3 aromatic rings. The molecule has 0 aliphatic heterocycles. The predicted molar refractivity (Wildman–Crippen MR) is 108 cm³/mol. The van der Waals surface area contributed by atoms with Crippen molar-refractivity contribution in [3.05, 3.63) is 74.1 Å². The van der Waals surface area contributed by atoms with Crippen LogP contribution in [0.2, 0.25) is 5.02 Å². The number of fused-ring (bicyclic) bond motifs is 1. The van der Waals surface area contributed by atoms with E-state index in [-0.39, 0.29) is 18.8 Å². The number of carbonyl (C=O) groups is 1. The molecule has 0 N–H and O–H groups in total. The Bertz CT molecular complexity index is 1070. The molecule has 0 saturated heterocycles. The molecule has 1 aromatic heterocycles. The van der Waals surface area contributed by atoms with Gasteiger partial charge in [-0.15, -0.1) is 0 Å². The first-order valence-corrected chi connectivity index (χ1v) is 9.36. The summed E-state index contributed by atoms with van der Waals surface area (Å²) in [4.78, 5) is 24.3. The topological polar surface area (TPSA) is 65.7 Å². The summed E-state index contributed by atoms with van der Waals surface area (Å²) in [6, 6.07) is 10.9. The van der Waals surface area contributed by atoms with E-state index >= 15 is 0 Å². The van der Waals surface area contributed by atoms with Crippen molar-refractivity contribution in [2.75, 3.05) is 13.2 Å². The lowest BCUT2D eigenvalue weighted by Crippen LogP contribution is -2.16. The fourth-order valence-electron chi connectivity index (χ4n) is 3.10. The van der Waals surface area contributed by atoms with Crippen LogP contribution in [0.4, 0.5) is 0 Å². The van der Waals surface area contributed by atoms with Gasteiger partial charge in [0.15, 0.2) is 6.61 Å². The van der Waals surface area contributed by atoms with Crippen molar-refractivity contribution in [2.24, 2.45) is 0 Å². The molecule has 146 valence electrons. The number of ether oxygens (including phenoxy) is 2. The third-order valence-electron chi connectivity index (χ3n) is 4.43. The normalized spacial score (nSPS) is 10.9. The van der Waals surface area contributed by atoms with Crippen LogP contribution >= 0.6 is 11.6 Å². The van der Waals surface area contributed by atoms with Crippen LogP contribution in [0.1, 0.15) is 29.2 Å². The number of esters is 1. The molecule has 0 spiro atoms. The number of hydrogen-bond acceptors (Lipinski definition) is 5. The summed E-state index contributed by atoms with van der Waals surface area (Å²) in [5, 5.41) is 1.31. The summed E-state index contributed by atoms with van der Waals surface area (Å²) in [5.74, 6) is 0.0373. The van der Waals surface area contributed by atoms with Gasteiger partial charge in [-0.25, -0.2) is 9.59 Å². The lowest BCUT2D eigenvalue weighted by molar-refractivity contribution is -0.145. The van der Waals surface area contributed by atoms with Crippen molar-refractivity contribution in [3.63, 3.8) is 0 Å². The van der Waals surface area contributed by atoms with Crippen LogP contribution < -0.4 is 10.4 Å². The summed E-state index contributed by atoms with van der Waals surface area (Å²) >= 11 is 5.94. The van der Waals surface area contributed by atoms with E-state index in [1.54, 1.807) is 25.1 Å². The highest BCUT2D eigenvalue weighted by molar-refractivity contribution is 6.30.